The van der Waals surface area contributed by atoms with Crippen LogP contribution in [0.3, 0.4) is 0 Å². The van der Waals surface area contributed by atoms with Crippen LogP contribution in [-0.4, -0.2) is 21.1 Å². The van der Waals surface area contributed by atoms with Gasteiger partial charge in [-0.1, -0.05) is 0 Å². The van der Waals surface area contributed by atoms with Crippen LogP contribution >= 0.6 is 0 Å². The number of nitrogens with zero attached hydrogens (tertiary/aromatic N) is 5. The molecular weight excluding hydrogens is 260 g/mol. The summed E-state index contributed by atoms with van der Waals surface area (Å²) in [7, 11) is 0. The molecule has 2 aromatic rings. The van der Waals surface area contributed by atoms with Gasteiger partial charge in [-0.05, 0) is 24.3 Å². The van der Waals surface area contributed by atoms with E-state index in [2.05, 4.69) is 37.6 Å². The Balaban J connectivity index is 0.000000286. The molecule has 0 spiro atoms. The zero-order valence-corrected chi connectivity index (χ0v) is 10.5. The summed E-state index contributed by atoms with van der Waals surface area (Å²) in [6.07, 6.45) is 6.70. The Morgan fingerprint density at radius 1 is 1.00 bits per heavy atom. The average Bonchev–Trinajstić information content (AvgIpc) is 2.48. The highest BCUT2D eigenvalue weighted by Gasteiger charge is 1.90. The lowest BCUT2D eigenvalue weighted by Crippen LogP contribution is -2.46. The van der Waals surface area contributed by atoms with Crippen LogP contribution in [0.15, 0.2) is 59.3 Å². The fourth-order valence-electron chi connectivity index (χ4n) is 0.941. The Labute approximate surface area is 115 Å². The molecule has 20 heavy (non-hydrogen) atoms. The minimum absolute atomic E-state index is 0.306. The number of primary amides is 1. The van der Waals surface area contributed by atoms with Crippen molar-refractivity contribution in [2.45, 2.75) is 0 Å². The summed E-state index contributed by atoms with van der Waals surface area (Å²) in [5.74, 6) is 9.14. The Morgan fingerprint density at radius 3 is 1.65 bits per heavy atom. The number of carbonyl (C=O) groups is 1. The summed E-state index contributed by atoms with van der Waals surface area (Å²) in [4.78, 5) is 17.5. The Kier molecular flexibility index (Phi) is 6.24. The van der Waals surface area contributed by atoms with Crippen molar-refractivity contribution in [1.29, 1.82) is 0 Å². The lowest BCUT2D eigenvalue weighted by molar-refractivity contribution is 0.210. The predicted molar refractivity (Wildman–Crippen MR) is 72.4 cm³/mol. The van der Waals surface area contributed by atoms with Crippen molar-refractivity contribution in [3.8, 4) is 0 Å². The second-order valence-corrected chi connectivity index (χ2v) is 3.37. The Hall–Kier alpha value is -2.91. The number of hydrazine groups is 2. The summed E-state index contributed by atoms with van der Waals surface area (Å²) in [6.45, 7) is 0. The number of azo groups is 1. The minimum atomic E-state index is -0.852. The summed E-state index contributed by atoms with van der Waals surface area (Å²) in [5, 5.41) is 8.30. The van der Waals surface area contributed by atoms with Crippen molar-refractivity contribution in [1.82, 2.24) is 15.1 Å². The van der Waals surface area contributed by atoms with Gasteiger partial charge in [-0.3, -0.25) is 9.97 Å². The first-order valence-corrected chi connectivity index (χ1v) is 5.40. The first kappa shape index (κ1) is 15.1. The van der Waals surface area contributed by atoms with E-state index in [1.807, 2.05) is 24.3 Å². The van der Waals surface area contributed by atoms with E-state index in [9.17, 15) is 4.79 Å². The molecule has 2 aromatic heterocycles. The number of nitrogens with two attached hydrogens (primary N) is 3. The Bertz CT molecular complexity index is 501. The van der Waals surface area contributed by atoms with Gasteiger partial charge in [0.15, 0.2) is 0 Å². The largest absolute Gasteiger partial charge is 0.349 e. The van der Waals surface area contributed by atoms with Crippen molar-refractivity contribution in [2.24, 2.45) is 27.6 Å². The molecule has 104 valence electrons. The predicted octanol–water partition coefficient (Wildman–Crippen LogP) is 1.01. The molecule has 9 nitrogen and oxygen atoms in total. The minimum Gasteiger partial charge on any atom is -0.349 e. The maximum atomic E-state index is 9.60. The van der Waals surface area contributed by atoms with E-state index in [-0.39, 0.29) is 0 Å². The van der Waals surface area contributed by atoms with Crippen LogP contribution in [-0.2, 0) is 0 Å². The molecule has 9 heteroatoms. The summed E-state index contributed by atoms with van der Waals surface area (Å²) < 4.78 is 0. The van der Waals surface area contributed by atoms with Crippen LogP contribution in [0.5, 0.6) is 0 Å². The molecule has 0 aromatic carbocycles. The van der Waals surface area contributed by atoms with Crippen molar-refractivity contribution < 1.29 is 4.79 Å². The highest BCUT2D eigenvalue weighted by atomic mass is 16.2. The number of urea groups is 1. The van der Waals surface area contributed by atoms with Gasteiger partial charge in [0.2, 0.25) is 0 Å². The van der Waals surface area contributed by atoms with Gasteiger partial charge >= 0.3 is 6.03 Å². The number of carbonyl (C=O) groups excluding carboxylic acids is 1. The number of aromatic nitrogens is 2. The zero-order chi connectivity index (χ0) is 14.8. The highest BCUT2D eigenvalue weighted by Crippen LogP contribution is 2.14. The molecule has 0 saturated carbocycles. The van der Waals surface area contributed by atoms with Gasteiger partial charge < -0.3 is 5.73 Å². The smallest absolute Gasteiger partial charge is 0.343 e. The molecule has 0 radical (unpaired) electrons. The van der Waals surface area contributed by atoms with Gasteiger partial charge in [-0.15, -0.1) is 10.2 Å². The van der Waals surface area contributed by atoms with E-state index in [4.69, 9.17) is 0 Å². The first-order valence-electron chi connectivity index (χ1n) is 5.40. The van der Waals surface area contributed by atoms with Crippen LogP contribution in [0.2, 0.25) is 0 Å². The van der Waals surface area contributed by atoms with Gasteiger partial charge in [-0.2, -0.15) is 5.12 Å². The second kappa shape index (κ2) is 8.24. The van der Waals surface area contributed by atoms with E-state index >= 15 is 0 Å². The quantitative estimate of drug-likeness (QED) is 0.323. The fourth-order valence-corrected chi connectivity index (χ4v) is 0.941. The van der Waals surface area contributed by atoms with Crippen LogP contribution < -0.4 is 17.4 Å². The van der Waals surface area contributed by atoms with E-state index in [0.29, 0.717) is 5.12 Å². The fraction of sp³-hybridized carbons (Fsp3) is 0. The molecule has 2 rings (SSSR count). The van der Waals surface area contributed by atoms with E-state index in [0.717, 1.165) is 11.4 Å². The second-order valence-electron chi connectivity index (χ2n) is 3.37. The first-order chi connectivity index (χ1) is 9.59. The van der Waals surface area contributed by atoms with Gasteiger partial charge in [-0.25, -0.2) is 16.5 Å². The van der Waals surface area contributed by atoms with E-state index < -0.39 is 6.03 Å². The van der Waals surface area contributed by atoms with Crippen LogP contribution in [0, 0.1) is 0 Å². The normalized spacial score (nSPS) is 9.70. The molecule has 0 aliphatic carbocycles. The number of hydrogen-bond acceptors (Lipinski definition) is 7. The van der Waals surface area contributed by atoms with Gasteiger partial charge in [0.05, 0.1) is 12.4 Å². The van der Waals surface area contributed by atoms with Crippen LogP contribution in [0.25, 0.3) is 0 Å². The number of pyridine rings is 2. The lowest BCUT2D eigenvalue weighted by Gasteiger charge is -2.00. The maximum absolute atomic E-state index is 9.60. The molecule has 0 bridgehead atoms. The van der Waals surface area contributed by atoms with Gasteiger partial charge in [0.25, 0.3) is 0 Å². The number of rotatable bonds is 2. The number of amides is 2. The maximum Gasteiger partial charge on any atom is 0.343 e. The SMILES string of the molecule is NC(=O)N(N)N.c1cncc(N=Nc2cccnc2)c1. The molecule has 0 unspecified atom stereocenters. The molecule has 2 amide bonds. The van der Waals surface area contributed by atoms with Crippen molar-refractivity contribution in [3.05, 3.63) is 49.1 Å². The third kappa shape index (κ3) is 6.14. The van der Waals surface area contributed by atoms with Gasteiger partial charge in [0.1, 0.15) is 11.4 Å². The van der Waals surface area contributed by atoms with Crippen LogP contribution in [0.4, 0.5) is 16.2 Å². The molecule has 2 heterocycles. The molecule has 0 fully saturated rings. The van der Waals surface area contributed by atoms with E-state index in [1.54, 1.807) is 24.8 Å². The third-order valence-electron chi connectivity index (χ3n) is 1.83. The van der Waals surface area contributed by atoms with Crippen molar-refractivity contribution in [3.63, 3.8) is 0 Å². The molecule has 0 aliphatic rings. The summed E-state index contributed by atoms with van der Waals surface area (Å²) in [5.41, 5.74) is 5.94. The van der Waals surface area contributed by atoms with E-state index in [1.165, 1.54) is 0 Å². The van der Waals surface area contributed by atoms with Crippen molar-refractivity contribution in [2.75, 3.05) is 0 Å². The molecule has 0 aliphatic heterocycles. The lowest BCUT2D eigenvalue weighted by atomic mass is 10.4. The molecule has 0 saturated heterocycles. The average molecular weight is 274 g/mol. The van der Waals surface area contributed by atoms with Crippen molar-refractivity contribution >= 4 is 17.4 Å². The molecule has 0 atom stereocenters. The standard InChI is InChI=1S/C10H8N4.CH6N4O/c1-3-9(7-11-5-1)13-14-10-4-2-6-12-8-10;2-1(6)5(3)4/h1-8H;3-4H2,(H2,2,6). The topological polar surface area (TPSA) is 149 Å². The third-order valence-corrected chi connectivity index (χ3v) is 1.83. The number of hydrogen-bond donors (Lipinski definition) is 3. The highest BCUT2D eigenvalue weighted by molar-refractivity contribution is 5.70. The molecule has 6 N–H and O–H groups in total. The van der Waals surface area contributed by atoms with Crippen LogP contribution in [0.1, 0.15) is 0 Å². The zero-order valence-electron chi connectivity index (χ0n) is 10.5. The molecular formula is C11H14N8O. The van der Waals surface area contributed by atoms with Gasteiger partial charge in [0, 0.05) is 12.4 Å². The summed E-state index contributed by atoms with van der Waals surface area (Å²) >= 11 is 0. The Morgan fingerprint density at radius 2 is 1.40 bits per heavy atom. The summed E-state index contributed by atoms with van der Waals surface area (Å²) in [6, 6.07) is 6.46. The monoisotopic (exact) mass is 274 g/mol.